The number of benzene rings is 1. The van der Waals surface area contributed by atoms with Crippen molar-refractivity contribution < 1.29 is 4.74 Å². The van der Waals surface area contributed by atoms with Gasteiger partial charge in [-0.25, -0.2) is 0 Å². The first-order valence-corrected chi connectivity index (χ1v) is 7.67. The molecule has 2 aliphatic carbocycles. The van der Waals surface area contributed by atoms with E-state index in [0.29, 0.717) is 5.92 Å². The zero-order valence-corrected chi connectivity index (χ0v) is 12.1. The predicted molar refractivity (Wildman–Crippen MR) is 78.4 cm³/mol. The molecule has 2 N–H and O–H groups in total. The van der Waals surface area contributed by atoms with Crippen molar-refractivity contribution in [2.45, 2.75) is 58.1 Å². The van der Waals surface area contributed by atoms with Gasteiger partial charge >= 0.3 is 0 Å². The minimum Gasteiger partial charge on any atom is -0.489 e. The summed E-state index contributed by atoms with van der Waals surface area (Å²) < 4.78 is 6.23. The van der Waals surface area contributed by atoms with Crippen molar-refractivity contribution in [3.8, 4) is 5.75 Å². The van der Waals surface area contributed by atoms with Crippen LogP contribution in [-0.4, -0.2) is 12.1 Å². The molecule has 104 valence electrons. The predicted octanol–water partition coefficient (Wildman–Crippen LogP) is 3.32. The lowest BCUT2D eigenvalue weighted by atomic mass is 9.78. The summed E-state index contributed by atoms with van der Waals surface area (Å²) in [4.78, 5) is 0. The highest BCUT2D eigenvalue weighted by atomic mass is 16.5. The molecule has 0 spiro atoms. The van der Waals surface area contributed by atoms with Crippen LogP contribution in [0, 0.1) is 11.8 Å². The van der Waals surface area contributed by atoms with Crippen LogP contribution in [0.3, 0.4) is 0 Å². The molecular formula is C17H25NO. The largest absolute Gasteiger partial charge is 0.489 e. The van der Waals surface area contributed by atoms with Crippen molar-refractivity contribution >= 4 is 0 Å². The molecule has 3 rings (SSSR count). The Morgan fingerprint density at radius 1 is 1.11 bits per heavy atom. The SMILES string of the molecule is CC1CC(C)C(Oc2ccc3c(c2)CCC3)C(N)C1. The fourth-order valence-electron chi connectivity index (χ4n) is 3.87. The Morgan fingerprint density at radius 2 is 1.89 bits per heavy atom. The van der Waals surface area contributed by atoms with Gasteiger partial charge in [-0.3, -0.25) is 0 Å². The van der Waals surface area contributed by atoms with Crippen LogP contribution in [0.1, 0.15) is 44.2 Å². The second kappa shape index (κ2) is 5.16. The quantitative estimate of drug-likeness (QED) is 0.884. The first-order chi connectivity index (χ1) is 9.13. The first kappa shape index (κ1) is 13.0. The standard InChI is InChI=1S/C17H25NO/c1-11-8-12(2)17(16(18)9-11)19-15-7-6-13-4-3-5-14(13)10-15/h6-7,10-12,16-17H,3-5,8-9,18H2,1-2H3. The van der Waals surface area contributed by atoms with Gasteiger partial charge in [0.05, 0.1) is 0 Å². The summed E-state index contributed by atoms with van der Waals surface area (Å²) in [6, 6.07) is 6.77. The van der Waals surface area contributed by atoms with Crippen LogP contribution in [0.15, 0.2) is 18.2 Å². The van der Waals surface area contributed by atoms with Gasteiger partial charge in [0.25, 0.3) is 0 Å². The second-order valence-electron chi connectivity index (χ2n) is 6.58. The van der Waals surface area contributed by atoms with Crippen LogP contribution in [0.4, 0.5) is 0 Å². The van der Waals surface area contributed by atoms with Gasteiger partial charge in [0.2, 0.25) is 0 Å². The van der Waals surface area contributed by atoms with Gasteiger partial charge in [0.1, 0.15) is 11.9 Å². The number of hydrogen-bond donors (Lipinski definition) is 1. The fraction of sp³-hybridized carbons (Fsp3) is 0.647. The Kier molecular flexibility index (Phi) is 3.53. The number of nitrogens with two attached hydrogens (primary N) is 1. The number of ether oxygens (including phenoxy) is 1. The lowest BCUT2D eigenvalue weighted by molar-refractivity contribution is 0.0625. The molecule has 4 atom stereocenters. The molecule has 0 radical (unpaired) electrons. The topological polar surface area (TPSA) is 35.2 Å². The summed E-state index contributed by atoms with van der Waals surface area (Å²) >= 11 is 0. The van der Waals surface area contributed by atoms with E-state index >= 15 is 0 Å². The summed E-state index contributed by atoms with van der Waals surface area (Å²) in [5.41, 5.74) is 9.27. The molecule has 0 aliphatic heterocycles. The van der Waals surface area contributed by atoms with Crippen molar-refractivity contribution in [2.24, 2.45) is 17.6 Å². The summed E-state index contributed by atoms with van der Waals surface area (Å²) in [6.07, 6.45) is 6.21. The maximum absolute atomic E-state index is 6.30. The van der Waals surface area contributed by atoms with Gasteiger partial charge in [-0.05, 0) is 67.2 Å². The molecule has 1 aromatic rings. The number of aryl methyl sites for hydroxylation is 2. The summed E-state index contributed by atoms with van der Waals surface area (Å²) in [5.74, 6) is 2.29. The molecule has 1 fully saturated rings. The minimum absolute atomic E-state index is 0.173. The van der Waals surface area contributed by atoms with Gasteiger partial charge in [-0.2, -0.15) is 0 Å². The summed E-state index contributed by atoms with van der Waals surface area (Å²) in [7, 11) is 0. The van der Waals surface area contributed by atoms with Gasteiger partial charge in [-0.15, -0.1) is 0 Å². The first-order valence-electron chi connectivity index (χ1n) is 7.67. The van der Waals surface area contributed by atoms with Gasteiger partial charge in [-0.1, -0.05) is 19.9 Å². The molecule has 0 saturated heterocycles. The highest BCUT2D eigenvalue weighted by Gasteiger charge is 2.33. The van der Waals surface area contributed by atoms with E-state index in [0.717, 1.165) is 18.1 Å². The van der Waals surface area contributed by atoms with E-state index in [4.69, 9.17) is 10.5 Å². The molecule has 0 aromatic heterocycles. The van der Waals surface area contributed by atoms with Crippen molar-refractivity contribution in [3.05, 3.63) is 29.3 Å². The lowest BCUT2D eigenvalue weighted by Crippen LogP contribution is -2.48. The molecule has 2 aliphatic rings. The normalized spacial score (nSPS) is 34.1. The van der Waals surface area contributed by atoms with Crippen LogP contribution >= 0.6 is 0 Å². The monoisotopic (exact) mass is 259 g/mol. The fourth-order valence-corrected chi connectivity index (χ4v) is 3.87. The number of rotatable bonds is 2. The maximum atomic E-state index is 6.30. The lowest BCUT2D eigenvalue weighted by Gasteiger charge is -2.37. The van der Waals surface area contributed by atoms with Crippen molar-refractivity contribution in [1.82, 2.24) is 0 Å². The smallest absolute Gasteiger partial charge is 0.120 e. The van der Waals surface area contributed by atoms with Gasteiger partial charge in [0.15, 0.2) is 0 Å². The molecule has 2 heteroatoms. The van der Waals surface area contributed by atoms with Crippen LogP contribution in [-0.2, 0) is 12.8 Å². The number of fused-ring (bicyclic) bond motifs is 1. The van der Waals surface area contributed by atoms with Crippen LogP contribution in [0.5, 0.6) is 5.75 Å². The Bertz CT molecular complexity index is 445. The molecular weight excluding hydrogens is 234 g/mol. The van der Waals surface area contributed by atoms with Crippen LogP contribution in [0.2, 0.25) is 0 Å². The van der Waals surface area contributed by atoms with E-state index < -0.39 is 0 Å². The van der Waals surface area contributed by atoms with Gasteiger partial charge in [0, 0.05) is 6.04 Å². The van der Waals surface area contributed by atoms with E-state index in [1.54, 1.807) is 0 Å². The van der Waals surface area contributed by atoms with E-state index in [9.17, 15) is 0 Å². The molecule has 1 saturated carbocycles. The third-order valence-electron chi connectivity index (χ3n) is 4.77. The van der Waals surface area contributed by atoms with Crippen LogP contribution < -0.4 is 10.5 Å². The third-order valence-corrected chi connectivity index (χ3v) is 4.77. The zero-order chi connectivity index (χ0) is 13.4. The zero-order valence-electron chi connectivity index (χ0n) is 12.1. The average molecular weight is 259 g/mol. The molecule has 0 bridgehead atoms. The summed E-state index contributed by atoms with van der Waals surface area (Å²) in [5, 5.41) is 0. The minimum atomic E-state index is 0.173. The molecule has 1 aromatic carbocycles. The molecule has 0 amide bonds. The molecule has 2 nitrogen and oxygen atoms in total. The highest BCUT2D eigenvalue weighted by Crippen LogP contribution is 2.32. The van der Waals surface area contributed by atoms with Crippen molar-refractivity contribution in [1.29, 1.82) is 0 Å². The second-order valence-corrected chi connectivity index (χ2v) is 6.58. The molecule has 19 heavy (non-hydrogen) atoms. The Morgan fingerprint density at radius 3 is 2.68 bits per heavy atom. The van der Waals surface area contributed by atoms with Crippen LogP contribution in [0.25, 0.3) is 0 Å². The summed E-state index contributed by atoms with van der Waals surface area (Å²) in [6.45, 7) is 4.57. The van der Waals surface area contributed by atoms with E-state index in [1.807, 2.05) is 0 Å². The highest BCUT2D eigenvalue weighted by molar-refractivity contribution is 5.38. The Labute approximate surface area is 116 Å². The Balaban J connectivity index is 1.74. The average Bonchev–Trinajstić information content (AvgIpc) is 2.81. The van der Waals surface area contributed by atoms with E-state index in [2.05, 4.69) is 32.0 Å². The van der Waals surface area contributed by atoms with Crippen molar-refractivity contribution in [3.63, 3.8) is 0 Å². The molecule has 4 unspecified atom stereocenters. The van der Waals surface area contributed by atoms with E-state index in [1.165, 1.54) is 36.8 Å². The molecule has 0 heterocycles. The number of hydrogen-bond acceptors (Lipinski definition) is 2. The van der Waals surface area contributed by atoms with Gasteiger partial charge < -0.3 is 10.5 Å². The Hall–Kier alpha value is -1.02. The van der Waals surface area contributed by atoms with Crippen molar-refractivity contribution in [2.75, 3.05) is 0 Å². The third kappa shape index (κ3) is 2.64. The van der Waals surface area contributed by atoms with E-state index in [-0.39, 0.29) is 12.1 Å². The maximum Gasteiger partial charge on any atom is 0.120 e.